The summed E-state index contributed by atoms with van der Waals surface area (Å²) in [6, 6.07) is 0.323. The number of thioether (sulfide) groups is 1. The summed E-state index contributed by atoms with van der Waals surface area (Å²) in [5.41, 5.74) is 0. The zero-order chi connectivity index (χ0) is 34.0. The Balaban J connectivity index is 1.03. The molecule has 3 atom stereocenters. The third-order valence-corrected chi connectivity index (χ3v) is 8.75. The van der Waals surface area contributed by atoms with Crippen LogP contribution in [0.15, 0.2) is 6.07 Å². The Bertz CT molecular complexity index is 1170. The molecule has 2 aliphatic heterocycles. The molecule has 0 spiro atoms. The van der Waals surface area contributed by atoms with E-state index in [0.29, 0.717) is 70.7 Å². The highest BCUT2D eigenvalue weighted by molar-refractivity contribution is 8.00. The van der Waals surface area contributed by atoms with Crippen LogP contribution in [-0.4, -0.2) is 99.6 Å². The molecule has 1 aromatic rings. The van der Waals surface area contributed by atoms with Gasteiger partial charge in [-0.25, -0.2) is 13.6 Å². The van der Waals surface area contributed by atoms with Crippen molar-refractivity contribution in [2.24, 2.45) is 0 Å². The lowest BCUT2D eigenvalue weighted by atomic mass is 10.0. The van der Waals surface area contributed by atoms with Gasteiger partial charge in [-0.1, -0.05) is 6.42 Å². The Kier molecular flexibility index (Phi) is 17.1. The highest BCUT2D eigenvalue weighted by Gasteiger charge is 2.42. The van der Waals surface area contributed by atoms with Gasteiger partial charge in [-0.2, -0.15) is 20.5 Å². The number of esters is 1. The second-order valence-electron chi connectivity index (χ2n) is 10.9. The predicted molar refractivity (Wildman–Crippen MR) is 163 cm³/mol. The van der Waals surface area contributed by atoms with E-state index in [1.54, 1.807) is 0 Å². The van der Waals surface area contributed by atoms with Crippen molar-refractivity contribution < 1.29 is 55.7 Å². The van der Waals surface area contributed by atoms with E-state index in [2.05, 4.69) is 26.0 Å². The van der Waals surface area contributed by atoms with E-state index in [9.17, 15) is 36.7 Å². The fraction of sp³-hybridized carbons (Fsp3) is 0.667. The maximum Gasteiger partial charge on any atom is 0.315 e. The van der Waals surface area contributed by atoms with E-state index in [1.807, 2.05) is 11.8 Å². The zero-order valence-electron chi connectivity index (χ0n) is 26.0. The number of carbonyl (C=O) groups excluding carboxylic acids is 4. The van der Waals surface area contributed by atoms with E-state index in [0.717, 1.165) is 25.0 Å². The van der Waals surface area contributed by atoms with Crippen molar-refractivity contribution in [1.82, 2.24) is 21.3 Å². The van der Waals surface area contributed by atoms with Crippen molar-refractivity contribution in [3.8, 4) is 5.75 Å². The van der Waals surface area contributed by atoms with Crippen LogP contribution in [-0.2, 0) is 28.6 Å². The van der Waals surface area contributed by atoms with Crippen molar-refractivity contribution in [2.45, 2.75) is 68.7 Å². The molecule has 0 bridgehead atoms. The van der Waals surface area contributed by atoms with Gasteiger partial charge in [0.15, 0.2) is 11.6 Å². The Morgan fingerprint density at radius 2 is 1.34 bits per heavy atom. The standard InChI is InChI=1S/C30H42F4N4O8S/c31-19-17-20(32)27(34)29(26(19)33)46-25(41)8-7-24(40)36-10-4-12-44-14-16-45-15-13-43-11-3-9-35-23(39)6-2-1-5-22-28-21(18-47-22)37-30(42)38-28/h17,21-22,28H,1-16,18H2,(H,35,39)(H,36,40)(H2,37,38,42). The van der Waals surface area contributed by atoms with Gasteiger partial charge in [-0.15, -0.1) is 0 Å². The lowest BCUT2D eigenvalue weighted by Crippen LogP contribution is -2.36. The first-order chi connectivity index (χ1) is 22.7. The minimum atomic E-state index is -1.84. The maximum atomic E-state index is 13.6. The number of unbranched alkanes of at least 4 members (excludes halogenated alkanes) is 1. The van der Waals surface area contributed by atoms with Crippen molar-refractivity contribution in [1.29, 1.82) is 0 Å². The number of fused-ring (bicyclic) bond motifs is 1. The minimum absolute atomic E-state index is 0.0105. The van der Waals surface area contributed by atoms with Crippen molar-refractivity contribution in [3.05, 3.63) is 29.3 Å². The molecule has 4 N–H and O–H groups in total. The van der Waals surface area contributed by atoms with Crippen LogP contribution >= 0.6 is 11.8 Å². The summed E-state index contributed by atoms with van der Waals surface area (Å²) in [5, 5.41) is 11.8. The van der Waals surface area contributed by atoms with Gasteiger partial charge in [-0.05, 0) is 25.7 Å². The summed E-state index contributed by atoms with van der Waals surface area (Å²) in [6.07, 6.45) is 3.50. The van der Waals surface area contributed by atoms with Gasteiger partial charge in [-0.3, -0.25) is 14.4 Å². The summed E-state index contributed by atoms with van der Waals surface area (Å²) < 4.78 is 74.1. The summed E-state index contributed by atoms with van der Waals surface area (Å²) >= 11 is 1.88. The van der Waals surface area contributed by atoms with Crippen molar-refractivity contribution in [3.63, 3.8) is 0 Å². The van der Waals surface area contributed by atoms with Gasteiger partial charge in [0, 0.05) is 56.2 Å². The van der Waals surface area contributed by atoms with Gasteiger partial charge < -0.3 is 40.2 Å². The highest BCUT2D eigenvalue weighted by Crippen LogP contribution is 2.33. The summed E-state index contributed by atoms with van der Waals surface area (Å²) in [7, 11) is 0. The summed E-state index contributed by atoms with van der Waals surface area (Å²) in [5.74, 6) is -9.39. The number of urea groups is 1. The molecule has 2 heterocycles. The summed E-state index contributed by atoms with van der Waals surface area (Å²) in [6.45, 7) is 3.14. The molecule has 12 nitrogen and oxygen atoms in total. The Labute approximate surface area is 274 Å². The van der Waals surface area contributed by atoms with E-state index in [1.165, 1.54) is 0 Å². The van der Waals surface area contributed by atoms with Crippen LogP contribution in [0.25, 0.3) is 0 Å². The molecule has 1 aromatic carbocycles. The van der Waals surface area contributed by atoms with Crippen LogP contribution in [0.3, 0.4) is 0 Å². The number of hydrogen-bond donors (Lipinski definition) is 4. The molecule has 0 aliphatic carbocycles. The van der Waals surface area contributed by atoms with Gasteiger partial charge >= 0.3 is 12.0 Å². The molecule has 2 aliphatic rings. The Hall–Kier alpha value is -3.15. The minimum Gasteiger partial charge on any atom is -0.420 e. The van der Waals surface area contributed by atoms with E-state index in [4.69, 9.17) is 14.2 Å². The molecule has 0 radical (unpaired) electrons. The third kappa shape index (κ3) is 13.9. The largest absolute Gasteiger partial charge is 0.420 e. The number of hydrogen-bond acceptors (Lipinski definition) is 9. The molecule has 3 unspecified atom stereocenters. The fourth-order valence-corrected chi connectivity index (χ4v) is 6.36. The first-order valence-corrected chi connectivity index (χ1v) is 16.7. The molecule has 2 saturated heterocycles. The molecule has 3 rings (SSSR count). The second-order valence-corrected chi connectivity index (χ2v) is 12.2. The lowest BCUT2D eigenvalue weighted by Gasteiger charge is -2.16. The average Bonchev–Trinajstić information content (AvgIpc) is 3.60. The quantitative estimate of drug-likeness (QED) is 0.0338. The molecule has 0 saturated carbocycles. The molecule has 2 fully saturated rings. The number of halogens is 4. The number of amides is 4. The molecule has 264 valence electrons. The number of ether oxygens (including phenoxy) is 4. The number of benzene rings is 1. The molecule has 17 heteroatoms. The van der Waals surface area contributed by atoms with E-state index >= 15 is 0 Å². The van der Waals surface area contributed by atoms with Crippen LogP contribution in [0.5, 0.6) is 5.75 Å². The van der Waals surface area contributed by atoms with Gasteiger partial charge in [0.2, 0.25) is 29.2 Å². The van der Waals surface area contributed by atoms with Crippen molar-refractivity contribution in [2.75, 3.05) is 58.5 Å². The van der Waals surface area contributed by atoms with E-state index in [-0.39, 0.29) is 43.1 Å². The number of carbonyl (C=O) groups is 4. The molecule has 4 amide bonds. The first kappa shape index (κ1) is 38.3. The molecule has 47 heavy (non-hydrogen) atoms. The second kappa shape index (κ2) is 21.0. The Morgan fingerprint density at radius 1 is 0.766 bits per heavy atom. The smallest absolute Gasteiger partial charge is 0.315 e. The topological polar surface area (TPSA) is 153 Å². The zero-order valence-corrected chi connectivity index (χ0v) is 26.8. The first-order valence-electron chi connectivity index (χ1n) is 15.6. The average molecular weight is 695 g/mol. The molecular weight excluding hydrogens is 652 g/mol. The van der Waals surface area contributed by atoms with Crippen LogP contribution < -0.4 is 26.0 Å². The maximum absolute atomic E-state index is 13.6. The lowest BCUT2D eigenvalue weighted by molar-refractivity contribution is -0.136. The molecule has 0 aromatic heterocycles. The van der Waals surface area contributed by atoms with Gasteiger partial charge in [0.1, 0.15) is 0 Å². The van der Waals surface area contributed by atoms with Crippen LogP contribution in [0.2, 0.25) is 0 Å². The third-order valence-electron chi connectivity index (χ3n) is 7.24. The van der Waals surface area contributed by atoms with Crippen LogP contribution in [0.4, 0.5) is 22.4 Å². The monoisotopic (exact) mass is 694 g/mol. The number of rotatable bonds is 23. The SMILES string of the molecule is O=C(CCCCC1SCC2NC(=O)NC21)NCCCOCCOCCOCCCNC(=O)CCC(=O)Oc1c(F)c(F)cc(F)c1F. The van der Waals surface area contributed by atoms with Gasteiger partial charge in [0.25, 0.3) is 0 Å². The normalized spacial score (nSPS) is 18.4. The van der Waals surface area contributed by atoms with Crippen molar-refractivity contribution >= 4 is 35.6 Å². The number of nitrogens with one attached hydrogen (secondary N) is 4. The Morgan fingerprint density at radius 3 is 1.96 bits per heavy atom. The fourth-order valence-electron chi connectivity index (χ4n) is 4.82. The predicted octanol–water partition coefficient (Wildman–Crippen LogP) is 2.72. The van der Waals surface area contributed by atoms with E-state index < -0.39 is 47.3 Å². The molecular formula is C30H42F4N4O8S. The van der Waals surface area contributed by atoms with Crippen LogP contribution in [0.1, 0.15) is 51.4 Å². The van der Waals surface area contributed by atoms with Crippen LogP contribution in [0, 0.1) is 23.3 Å². The highest BCUT2D eigenvalue weighted by atomic mass is 32.2. The van der Waals surface area contributed by atoms with Gasteiger partial charge in [0.05, 0.1) is 44.9 Å². The summed E-state index contributed by atoms with van der Waals surface area (Å²) in [4.78, 5) is 47.0.